The molecule has 0 aliphatic heterocycles. The number of aryl methyl sites for hydroxylation is 1. The summed E-state index contributed by atoms with van der Waals surface area (Å²) in [5, 5.41) is 12.0. The van der Waals surface area contributed by atoms with Gasteiger partial charge in [-0.1, -0.05) is 0 Å². The van der Waals surface area contributed by atoms with Crippen LogP contribution in [-0.2, 0) is 7.05 Å². The summed E-state index contributed by atoms with van der Waals surface area (Å²) in [6.45, 7) is 0. The molecule has 15 heavy (non-hydrogen) atoms. The van der Waals surface area contributed by atoms with Crippen LogP contribution in [0.4, 0.5) is 0 Å². The minimum Gasteiger partial charge on any atom is -0.278 e. The zero-order chi connectivity index (χ0) is 10.3. The van der Waals surface area contributed by atoms with Crippen molar-refractivity contribution in [2.75, 3.05) is 0 Å². The second kappa shape index (κ2) is 2.91. The first-order valence-electron chi connectivity index (χ1n) is 4.61. The summed E-state index contributed by atoms with van der Waals surface area (Å²) in [5.41, 5.74) is 2.90. The van der Waals surface area contributed by atoms with Crippen LogP contribution in [0.25, 0.3) is 22.2 Å². The Morgan fingerprint density at radius 1 is 1.27 bits per heavy atom. The highest BCUT2D eigenvalue weighted by Crippen LogP contribution is 2.19. The Morgan fingerprint density at radius 2 is 2.20 bits per heavy atom. The largest absolute Gasteiger partial charge is 0.278 e. The van der Waals surface area contributed by atoms with Gasteiger partial charge in [0, 0.05) is 30.4 Å². The van der Waals surface area contributed by atoms with E-state index in [1.54, 1.807) is 23.3 Å². The number of fused-ring (bicyclic) bond motifs is 1. The van der Waals surface area contributed by atoms with E-state index < -0.39 is 0 Å². The van der Waals surface area contributed by atoms with E-state index in [1.165, 1.54) is 0 Å². The average molecular weight is 199 g/mol. The van der Waals surface area contributed by atoms with E-state index in [9.17, 15) is 0 Å². The molecule has 0 aliphatic carbocycles. The molecule has 0 atom stereocenters. The lowest BCUT2D eigenvalue weighted by Gasteiger charge is -1.95. The molecule has 0 aromatic carbocycles. The number of rotatable bonds is 1. The van der Waals surface area contributed by atoms with Gasteiger partial charge in [-0.15, -0.1) is 0 Å². The molecule has 0 saturated heterocycles. The third-order valence-corrected chi connectivity index (χ3v) is 2.32. The van der Waals surface area contributed by atoms with Gasteiger partial charge in [-0.2, -0.15) is 10.2 Å². The molecule has 0 saturated carbocycles. The van der Waals surface area contributed by atoms with Crippen LogP contribution in [-0.4, -0.2) is 25.0 Å². The lowest BCUT2D eigenvalue weighted by Crippen LogP contribution is -1.84. The van der Waals surface area contributed by atoms with E-state index in [0.717, 1.165) is 22.2 Å². The average Bonchev–Trinajstić information content (AvgIpc) is 2.84. The molecular weight excluding hydrogens is 190 g/mol. The molecule has 0 spiro atoms. The number of aromatic amines is 1. The van der Waals surface area contributed by atoms with Crippen LogP contribution >= 0.6 is 0 Å². The van der Waals surface area contributed by atoms with Crippen LogP contribution < -0.4 is 0 Å². The van der Waals surface area contributed by atoms with Gasteiger partial charge in [0.15, 0.2) is 0 Å². The third-order valence-electron chi connectivity index (χ3n) is 2.32. The Morgan fingerprint density at radius 3 is 3.00 bits per heavy atom. The second-order valence-electron chi connectivity index (χ2n) is 3.43. The van der Waals surface area contributed by atoms with Crippen molar-refractivity contribution in [1.29, 1.82) is 0 Å². The zero-order valence-corrected chi connectivity index (χ0v) is 8.18. The van der Waals surface area contributed by atoms with Crippen LogP contribution in [0.1, 0.15) is 0 Å². The Bertz CT molecular complexity index is 607. The van der Waals surface area contributed by atoms with Crippen molar-refractivity contribution in [2.45, 2.75) is 0 Å². The molecule has 0 radical (unpaired) electrons. The van der Waals surface area contributed by atoms with Crippen LogP contribution in [0.15, 0.2) is 30.9 Å². The first-order valence-corrected chi connectivity index (χ1v) is 4.61. The fourth-order valence-electron chi connectivity index (χ4n) is 1.55. The molecule has 0 bridgehead atoms. The summed E-state index contributed by atoms with van der Waals surface area (Å²) >= 11 is 0. The number of nitrogens with one attached hydrogen (secondary N) is 1. The van der Waals surface area contributed by atoms with E-state index in [0.29, 0.717) is 0 Å². The fourth-order valence-corrected chi connectivity index (χ4v) is 1.55. The molecular formula is C10H9N5. The second-order valence-corrected chi connectivity index (χ2v) is 3.43. The molecule has 5 nitrogen and oxygen atoms in total. The lowest BCUT2D eigenvalue weighted by molar-refractivity contribution is 0.768. The molecule has 3 heterocycles. The van der Waals surface area contributed by atoms with Crippen molar-refractivity contribution >= 4 is 10.9 Å². The zero-order valence-electron chi connectivity index (χ0n) is 8.18. The smallest absolute Gasteiger partial charge is 0.0755 e. The maximum absolute atomic E-state index is 4.35. The number of hydrogen-bond acceptors (Lipinski definition) is 3. The van der Waals surface area contributed by atoms with Gasteiger partial charge >= 0.3 is 0 Å². The summed E-state index contributed by atoms with van der Waals surface area (Å²) in [7, 11) is 1.89. The van der Waals surface area contributed by atoms with Gasteiger partial charge in [0.1, 0.15) is 0 Å². The Kier molecular flexibility index (Phi) is 1.58. The van der Waals surface area contributed by atoms with Crippen LogP contribution in [0.3, 0.4) is 0 Å². The van der Waals surface area contributed by atoms with Crippen molar-refractivity contribution < 1.29 is 0 Å². The van der Waals surface area contributed by atoms with Gasteiger partial charge in [-0.05, 0) is 6.07 Å². The maximum Gasteiger partial charge on any atom is 0.0755 e. The highest BCUT2D eigenvalue weighted by atomic mass is 15.2. The van der Waals surface area contributed by atoms with E-state index in [-0.39, 0.29) is 0 Å². The summed E-state index contributed by atoms with van der Waals surface area (Å²) in [6.07, 6.45) is 7.30. The first kappa shape index (κ1) is 8.16. The summed E-state index contributed by atoms with van der Waals surface area (Å²) in [4.78, 5) is 4.35. The molecule has 0 aliphatic rings. The molecule has 74 valence electrons. The molecule has 0 fully saturated rings. The number of pyridine rings is 1. The standard InChI is InChI=1S/C10H9N5/c1-15-6-8(5-13-15)9-2-10-7(3-11-9)4-12-14-10/h2-6H,1H3,(H,12,14). The van der Waals surface area contributed by atoms with Crippen LogP contribution in [0, 0.1) is 0 Å². The van der Waals surface area contributed by atoms with Crippen molar-refractivity contribution in [3.05, 3.63) is 30.9 Å². The fraction of sp³-hybridized carbons (Fsp3) is 0.100. The molecule has 1 N–H and O–H groups in total. The van der Waals surface area contributed by atoms with E-state index >= 15 is 0 Å². The van der Waals surface area contributed by atoms with Crippen molar-refractivity contribution in [3.8, 4) is 11.3 Å². The molecule has 3 aromatic rings. The molecule has 3 rings (SSSR count). The molecule has 3 aromatic heterocycles. The summed E-state index contributed by atoms with van der Waals surface area (Å²) in [5.74, 6) is 0. The Balaban J connectivity index is 2.18. The third kappa shape index (κ3) is 1.28. The van der Waals surface area contributed by atoms with E-state index in [4.69, 9.17) is 0 Å². The van der Waals surface area contributed by atoms with Crippen LogP contribution in [0.5, 0.6) is 0 Å². The van der Waals surface area contributed by atoms with Crippen molar-refractivity contribution in [3.63, 3.8) is 0 Å². The summed E-state index contributed by atoms with van der Waals surface area (Å²) in [6, 6.07) is 1.97. The van der Waals surface area contributed by atoms with Gasteiger partial charge in [0.25, 0.3) is 0 Å². The predicted molar refractivity (Wildman–Crippen MR) is 56.1 cm³/mol. The highest BCUT2D eigenvalue weighted by molar-refractivity contribution is 5.80. The quantitative estimate of drug-likeness (QED) is 0.643. The molecule has 0 amide bonds. The molecule has 0 unspecified atom stereocenters. The van der Waals surface area contributed by atoms with Gasteiger partial charge in [-0.3, -0.25) is 14.8 Å². The normalized spacial score (nSPS) is 11.0. The lowest BCUT2D eigenvalue weighted by atomic mass is 10.2. The molecule has 5 heteroatoms. The van der Waals surface area contributed by atoms with Gasteiger partial charge in [-0.25, -0.2) is 0 Å². The topological polar surface area (TPSA) is 59.4 Å². The Hall–Kier alpha value is -2.17. The van der Waals surface area contributed by atoms with Crippen molar-refractivity contribution in [1.82, 2.24) is 25.0 Å². The number of aromatic nitrogens is 5. The minimum atomic E-state index is 0.903. The van der Waals surface area contributed by atoms with E-state index in [1.807, 2.05) is 19.3 Å². The number of nitrogens with zero attached hydrogens (tertiary/aromatic N) is 4. The SMILES string of the molecule is Cn1cc(-c2cc3[nH]ncc3cn2)cn1. The number of hydrogen-bond donors (Lipinski definition) is 1. The van der Waals surface area contributed by atoms with Gasteiger partial charge < -0.3 is 0 Å². The maximum atomic E-state index is 4.35. The van der Waals surface area contributed by atoms with E-state index in [2.05, 4.69) is 20.3 Å². The van der Waals surface area contributed by atoms with Crippen LogP contribution in [0.2, 0.25) is 0 Å². The highest BCUT2D eigenvalue weighted by Gasteiger charge is 2.03. The van der Waals surface area contributed by atoms with Gasteiger partial charge in [0.05, 0.1) is 23.6 Å². The monoisotopic (exact) mass is 199 g/mol. The van der Waals surface area contributed by atoms with Crippen molar-refractivity contribution in [2.24, 2.45) is 7.05 Å². The summed E-state index contributed by atoms with van der Waals surface area (Å²) < 4.78 is 1.76. The minimum absolute atomic E-state index is 0.903. The van der Waals surface area contributed by atoms with Gasteiger partial charge in [0.2, 0.25) is 0 Å². The first-order chi connectivity index (χ1) is 7.33. The number of H-pyrrole nitrogens is 1. The predicted octanol–water partition coefficient (Wildman–Crippen LogP) is 1.36. The Labute approximate surface area is 85.8 Å².